The fourth-order valence-electron chi connectivity index (χ4n) is 7.12. The van der Waals surface area contributed by atoms with Gasteiger partial charge in [0.1, 0.15) is 29.4 Å². The lowest BCUT2D eigenvalue weighted by Gasteiger charge is -2.30. The van der Waals surface area contributed by atoms with E-state index in [1.165, 1.54) is 12.1 Å². The van der Waals surface area contributed by atoms with Gasteiger partial charge in [-0.2, -0.15) is 5.26 Å². The average molecular weight is 730 g/mol. The number of nitriles is 1. The van der Waals surface area contributed by atoms with Gasteiger partial charge in [0, 0.05) is 29.6 Å². The van der Waals surface area contributed by atoms with Crippen molar-refractivity contribution < 1.29 is 38.2 Å². The van der Waals surface area contributed by atoms with E-state index in [1.807, 2.05) is 18.2 Å². The minimum atomic E-state index is -1.01. The smallest absolute Gasteiger partial charge is 0.262 e. The summed E-state index contributed by atoms with van der Waals surface area (Å²) < 4.78 is 18.0. The zero-order valence-corrected chi connectivity index (χ0v) is 29.5. The molecule has 3 aliphatic rings. The van der Waals surface area contributed by atoms with Crippen molar-refractivity contribution in [3.05, 3.63) is 95.2 Å². The number of imide groups is 2. The second-order valence-corrected chi connectivity index (χ2v) is 13.6. The molecule has 1 saturated carbocycles. The predicted octanol–water partition coefficient (Wildman–Crippen LogP) is 5.26. The molecule has 5 amide bonds. The van der Waals surface area contributed by atoms with Crippen molar-refractivity contribution in [1.29, 1.82) is 5.26 Å². The van der Waals surface area contributed by atoms with Gasteiger partial charge in [-0.25, -0.2) is 0 Å². The second-order valence-electron chi connectivity index (χ2n) is 13.6. The zero-order chi connectivity index (χ0) is 37.6. The number of fused-ring (bicyclic) bond motifs is 2. The lowest BCUT2D eigenvalue weighted by molar-refractivity contribution is -0.136. The van der Waals surface area contributed by atoms with E-state index in [4.69, 9.17) is 14.2 Å². The van der Waals surface area contributed by atoms with E-state index in [9.17, 15) is 29.2 Å². The molecule has 1 unspecified atom stereocenters. The van der Waals surface area contributed by atoms with Crippen molar-refractivity contribution >= 4 is 40.4 Å². The van der Waals surface area contributed by atoms with Crippen LogP contribution in [0.1, 0.15) is 94.4 Å². The molecule has 13 nitrogen and oxygen atoms in total. The first-order valence-corrected chi connectivity index (χ1v) is 18.3. The molecule has 2 aliphatic heterocycles. The van der Waals surface area contributed by atoms with Crippen LogP contribution in [-0.4, -0.2) is 70.8 Å². The third-order valence-corrected chi connectivity index (χ3v) is 10.0. The van der Waals surface area contributed by atoms with Crippen molar-refractivity contribution in [3.8, 4) is 23.3 Å². The summed E-state index contributed by atoms with van der Waals surface area (Å²) in [4.78, 5) is 67.9. The minimum absolute atomic E-state index is 0.0183. The molecule has 0 bridgehead atoms. The van der Waals surface area contributed by atoms with Crippen molar-refractivity contribution in [2.24, 2.45) is 0 Å². The molecule has 13 heteroatoms. The number of unbranched alkanes of at least 4 members (excludes halogenated alkanes) is 2. The van der Waals surface area contributed by atoms with Crippen LogP contribution < -0.4 is 24.8 Å². The van der Waals surface area contributed by atoms with Crippen molar-refractivity contribution in [3.63, 3.8) is 0 Å². The molecule has 1 aliphatic carbocycles. The summed E-state index contributed by atoms with van der Waals surface area (Å²) in [6, 6.07) is 20.3. The van der Waals surface area contributed by atoms with E-state index in [0.29, 0.717) is 41.4 Å². The van der Waals surface area contributed by atoms with Gasteiger partial charge in [0.25, 0.3) is 17.7 Å². The molecule has 1 saturated heterocycles. The third kappa shape index (κ3) is 7.88. The van der Waals surface area contributed by atoms with Crippen molar-refractivity contribution in [2.75, 3.05) is 13.2 Å². The maximum atomic E-state index is 13.0. The number of benzene rings is 3. The maximum absolute atomic E-state index is 13.0. The highest BCUT2D eigenvalue weighted by molar-refractivity contribution is 6.23. The van der Waals surface area contributed by atoms with E-state index >= 15 is 0 Å². The SMILES string of the molecule is N#Cc1ccc(OC2CCC(NC(=O)c3ccc(OCCCCCOc4ccc5c(c4)C(=O)N(C4CCC(=O)NC4=O)C5=O)cc3)CC2)c2cccnc12. The van der Waals surface area contributed by atoms with Gasteiger partial charge in [0.2, 0.25) is 11.8 Å². The highest BCUT2D eigenvalue weighted by Crippen LogP contribution is 2.32. The standard InChI is InChI=1S/C41H39N5O8/c42-24-26-8-18-35(32-5-4-20-43-37(26)32)54-29-13-9-27(10-14-29)44-38(48)25-6-11-28(12-7-25)52-21-2-1-3-22-53-30-15-16-31-33(23-30)41(51)46(40(31)50)34-17-19-36(47)45-39(34)49/h4-8,11-12,15-16,18,20,23,27,29,34H,1-3,9-10,13-14,17,19,21-22H2,(H,44,48)(H,45,47,49). The molecule has 276 valence electrons. The average Bonchev–Trinajstić information content (AvgIpc) is 3.43. The largest absolute Gasteiger partial charge is 0.494 e. The number of ether oxygens (including phenoxy) is 3. The zero-order valence-electron chi connectivity index (χ0n) is 29.5. The first-order valence-electron chi connectivity index (χ1n) is 18.3. The molecule has 7 rings (SSSR count). The van der Waals surface area contributed by atoms with Gasteiger partial charge in [-0.05, 0) is 118 Å². The van der Waals surface area contributed by atoms with Gasteiger partial charge in [0.05, 0.1) is 41.5 Å². The van der Waals surface area contributed by atoms with Crippen LogP contribution in [0, 0.1) is 11.3 Å². The molecule has 0 radical (unpaired) electrons. The Kier molecular flexibility index (Phi) is 10.8. The van der Waals surface area contributed by atoms with Crippen LogP contribution in [0.5, 0.6) is 17.2 Å². The van der Waals surface area contributed by atoms with Crippen LogP contribution in [0.15, 0.2) is 72.9 Å². The summed E-state index contributed by atoms with van der Waals surface area (Å²) in [5.74, 6) is -0.464. The highest BCUT2D eigenvalue weighted by Gasteiger charge is 2.44. The Morgan fingerprint density at radius 2 is 1.57 bits per heavy atom. The number of piperidine rings is 1. The molecule has 1 atom stereocenters. The summed E-state index contributed by atoms with van der Waals surface area (Å²) in [6.45, 7) is 0.902. The molecule has 2 fully saturated rings. The Hall–Kier alpha value is -6.29. The van der Waals surface area contributed by atoms with Crippen LogP contribution >= 0.6 is 0 Å². The number of amides is 5. The van der Waals surface area contributed by atoms with Crippen molar-refractivity contribution in [2.45, 2.75) is 76.0 Å². The Bertz CT molecular complexity index is 2140. The van der Waals surface area contributed by atoms with Crippen LogP contribution in [-0.2, 0) is 9.59 Å². The number of aromatic nitrogens is 1. The van der Waals surface area contributed by atoms with Gasteiger partial charge in [-0.15, -0.1) is 0 Å². The molecule has 3 heterocycles. The Balaban J connectivity index is 0.787. The van der Waals surface area contributed by atoms with Crippen LogP contribution in [0.2, 0.25) is 0 Å². The summed E-state index contributed by atoms with van der Waals surface area (Å²) in [5, 5.41) is 15.6. The quantitative estimate of drug-likeness (QED) is 0.136. The Morgan fingerprint density at radius 3 is 2.31 bits per heavy atom. The monoisotopic (exact) mass is 729 g/mol. The fraction of sp³-hybridized carbons (Fsp3) is 0.341. The first-order chi connectivity index (χ1) is 26.3. The molecule has 0 spiro atoms. The van der Waals surface area contributed by atoms with Gasteiger partial charge in [-0.3, -0.25) is 39.2 Å². The van der Waals surface area contributed by atoms with E-state index in [1.54, 1.807) is 42.6 Å². The molecule has 3 aromatic carbocycles. The van der Waals surface area contributed by atoms with Gasteiger partial charge in [0.15, 0.2) is 0 Å². The summed E-state index contributed by atoms with van der Waals surface area (Å²) in [5.41, 5.74) is 2.11. The predicted molar refractivity (Wildman–Crippen MR) is 195 cm³/mol. The van der Waals surface area contributed by atoms with E-state index in [0.717, 1.165) is 61.0 Å². The molecule has 4 aromatic rings. The van der Waals surface area contributed by atoms with E-state index < -0.39 is 29.7 Å². The summed E-state index contributed by atoms with van der Waals surface area (Å²) in [7, 11) is 0. The fourth-order valence-corrected chi connectivity index (χ4v) is 7.12. The van der Waals surface area contributed by atoms with Crippen LogP contribution in [0.4, 0.5) is 0 Å². The first kappa shape index (κ1) is 36.1. The number of pyridine rings is 1. The topological polar surface area (TPSA) is 177 Å². The number of carbonyl (C=O) groups is 5. The molecule has 1 aromatic heterocycles. The minimum Gasteiger partial charge on any atom is -0.494 e. The number of hydrogen-bond donors (Lipinski definition) is 2. The molecule has 2 N–H and O–H groups in total. The Labute approximate surface area is 311 Å². The lowest BCUT2D eigenvalue weighted by Crippen LogP contribution is -2.54. The number of nitrogens with one attached hydrogen (secondary N) is 2. The van der Waals surface area contributed by atoms with E-state index in [2.05, 4.69) is 21.7 Å². The normalized spacial score (nSPS) is 19.5. The van der Waals surface area contributed by atoms with Gasteiger partial charge >= 0.3 is 0 Å². The molecular formula is C41H39N5O8. The second kappa shape index (κ2) is 16.2. The van der Waals surface area contributed by atoms with E-state index in [-0.39, 0.29) is 42.0 Å². The van der Waals surface area contributed by atoms with Crippen molar-refractivity contribution in [1.82, 2.24) is 20.5 Å². The summed E-state index contributed by atoms with van der Waals surface area (Å²) >= 11 is 0. The summed E-state index contributed by atoms with van der Waals surface area (Å²) in [6.07, 6.45) is 7.42. The number of rotatable bonds is 13. The van der Waals surface area contributed by atoms with Gasteiger partial charge < -0.3 is 19.5 Å². The third-order valence-electron chi connectivity index (χ3n) is 10.0. The highest BCUT2D eigenvalue weighted by atomic mass is 16.5. The molecule has 54 heavy (non-hydrogen) atoms. The number of nitrogens with zero attached hydrogens (tertiary/aromatic N) is 3. The van der Waals surface area contributed by atoms with Crippen LogP contribution in [0.3, 0.4) is 0 Å². The lowest BCUT2D eigenvalue weighted by atomic mass is 9.92. The number of carbonyl (C=O) groups excluding carboxylic acids is 5. The molecular weight excluding hydrogens is 690 g/mol. The van der Waals surface area contributed by atoms with Crippen LogP contribution in [0.25, 0.3) is 10.9 Å². The number of hydrogen-bond acceptors (Lipinski definition) is 10. The van der Waals surface area contributed by atoms with Gasteiger partial charge in [-0.1, -0.05) is 0 Å². The Morgan fingerprint density at radius 1 is 0.852 bits per heavy atom. The maximum Gasteiger partial charge on any atom is 0.262 e.